The molecule has 1 saturated carbocycles. The Hall–Kier alpha value is -2.67. The van der Waals surface area contributed by atoms with Crippen LogP contribution < -0.4 is 0 Å². The Bertz CT molecular complexity index is 971. The van der Waals surface area contributed by atoms with Crippen LogP contribution in [0.15, 0.2) is 30.5 Å². The maximum Gasteiger partial charge on any atom is 0.257 e. The predicted molar refractivity (Wildman–Crippen MR) is 127 cm³/mol. The molecule has 3 aliphatic rings. The van der Waals surface area contributed by atoms with Crippen LogP contribution in [0.3, 0.4) is 0 Å². The van der Waals surface area contributed by atoms with Crippen molar-refractivity contribution in [1.29, 1.82) is 0 Å². The van der Waals surface area contributed by atoms with Crippen molar-refractivity contribution >= 4 is 11.8 Å². The summed E-state index contributed by atoms with van der Waals surface area (Å²) in [5.74, 6) is 0.364. The SMILES string of the molecule is CN(C(=O)c1cn[nH]c1C1CCCN(C(=O)CN2Cc3ccccc3C2)C1)C1CCCCC1. The Morgan fingerprint density at radius 3 is 2.52 bits per heavy atom. The minimum atomic E-state index is 0.0592. The molecule has 1 N–H and O–H groups in total. The van der Waals surface area contributed by atoms with Crippen molar-refractivity contribution in [1.82, 2.24) is 24.9 Å². The first-order chi connectivity index (χ1) is 16.1. The molecule has 33 heavy (non-hydrogen) atoms. The maximum absolute atomic E-state index is 13.3. The standard InChI is InChI=1S/C26H35N5O2/c1-29(22-11-3-2-4-12-22)26(33)23-14-27-28-25(23)21-10-7-13-31(17-21)24(32)18-30-15-19-8-5-6-9-20(19)16-30/h5-6,8-9,14,21-22H,2-4,7,10-13,15-18H2,1H3,(H,27,28). The topological polar surface area (TPSA) is 72.5 Å². The van der Waals surface area contributed by atoms with E-state index in [-0.39, 0.29) is 17.7 Å². The molecule has 1 saturated heterocycles. The Morgan fingerprint density at radius 1 is 1.06 bits per heavy atom. The van der Waals surface area contributed by atoms with Crippen molar-refractivity contribution in [3.63, 3.8) is 0 Å². The zero-order chi connectivity index (χ0) is 22.8. The lowest BCUT2D eigenvalue weighted by molar-refractivity contribution is -0.133. The summed E-state index contributed by atoms with van der Waals surface area (Å²) in [5.41, 5.74) is 4.22. The number of aromatic nitrogens is 2. The summed E-state index contributed by atoms with van der Waals surface area (Å²) in [6.07, 6.45) is 9.42. The van der Waals surface area contributed by atoms with Gasteiger partial charge in [-0.2, -0.15) is 5.10 Å². The summed E-state index contributed by atoms with van der Waals surface area (Å²) < 4.78 is 0. The molecule has 2 amide bonds. The van der Waals surface area contributed by atoms with Gasteiger partial charge in [0.05, 0.1) is 24.0 Å². The van der Waals surface area contributed by atoms with E-state index < -0.39 is 0 Å². The van der Waals surface area contributed by atoms with E-state index in [1.807, 2.05) is 16.8 Å². The van der Waals surface area contributed by atoms with Gasteiger partial charge in [-0.25, -0.2) is 0 Å². The third kappa shape index (κ3) is 4.69. The van der Waals surface area contributed by atoms with E-state index in [1.54, 1.807) is 6.20 Å². The van der Waals surface area contributed by atoms with E-state index in [0.717, 1.165) is 51.0 Å². The van der Waals surface area contributed by atoms with E-state index in [2.05, 4.69) is 39.4 Å². The molecule has 7 heteroatoms. The Morgan fingerprint density at radius 2 is 1.79 bits per heavy atom. The van der Waals surface area contributed by atoms with E-state index in [0.29, 0.717) is 24.7 Å². The van der Waals surface area contributed by atoms with Crippen LogP contribution in [0.25, 0.3) is 0 Å². The molecule has 1 aromatic carbocycles. The molecule has 176 valence electrons. The third-order valence-corrected chi connectivity index (χ3v) is 7.79. The monoisotopic (exact) mass is 449 g/mol. The maximum atomic E-state index is 13.3. The second-order valence-corrected chi connectivity index (χ2v) is 10.00. The number of likely N-dealkylation sites (tertiary alicyclic amines) is 1. The lowest BCUT2D eigenvalue weighted by atomic mass is 9.91. The van der Waals surface area contributed by atoms with Gasteiger partial charge >= 0.3 is 0 Å². The number of carbonyl (C=O) groups excluding carboxylic acids is 2. The molecule has 1 aromatic heterocycles. The highest BCUT2D eigenvalue weighted by Gasteiger charge is 2.32. The van der Waals surface area contributed by atoms with Crippen LogP contribution in [0.1, 0.15) is 78.0 Å². The fourth-order valence-electron chi connectivity index (χ4n) is 5.85. The molecule has 7 nitrogen and oxygen atoms in total. The molecule has 5 rings (SSSR count). The summed E-state index contributed by atoms with van der Waals surface area (Å²) in [7, 11) is 1.93. The van der Waals surface area contributed by atoms with E-state index >= 15 is 0 Å². The quantitative estimate of drug-likeness (QED) is 0.758. The molecule has 1 unspecified atom stereocenters. The molecular weight excluding hydrogens is 414 g/mol. The second kappa shape index (κ2) is 9.67. The van der Waals surface area contributed by atoms with Gasteiger partial charge in [-0.15, -0.1) is 0 Å². The highest BCUT2D eigenvalue weighted by molar-refractivity contribution is 5.95. The summed E-state index contributed by atoms with van der Waals surface area (Å²) in [6.45, 7) is 3.56. The molecule has 0 radical (unpaired) electrons. The van der Waals surface area contributed by atoms with Crippen molar-refractivity contribution in [2.24, 2.45) is 0 Å². The third-order valence-electron chi connectivity index (χ3n) is 7.79. The number of benzene rings is 1. The highest BCUT2D eigenvalue weighted by atomic mass is 16.2. The number of piperidine rings is 1. The summed E-state index contributed by atoms with van der Waals surface area (Å²) >= 11 is 0. The molecule has 1 aliphatic carbocycles. The number of amides is 2. The van der Waals surface area contributed by atoms with Crippen molar-refractivity contribution in [3.05, 3.63) is 52.8 Å². The molecule has 2 aromatic rings. The molecule has 0 bridgehead atoms. The lowest BCUT2D eigenvalue weighted by Crippen LogP contribution is -2.44. The number of fused-ring (bicyclic) bond motifs is 1. The van der Waals surface area contributed by atoms with Gasteiger partial charge in [0.15, 0.2) is 0 Å². The van der Waals surface area contributed by atoms with E-state index in [1.165, 1.54) is 30.4 Å². The molecule has 2 fully saturated rings. The van der Waals surface area contributed by atoms with Crippen LogP contribution in [0, 0.1) is 0 Å². The Balaban J connectivity index is 1.22. The van der Waals surface area contributed by atoms with Gasteiger partial charge in [-0.3, -0.25) is 19.6 Å². The summed E-state index contributed by atoms with van der Waals surface area (Å²) in [4.78, 5) is 32.6. The number of nitrogens with zero attached hydrogens (tertiary/aromatic N) is 4. The van der Waals surface area contributed by atoms with Crippen LogP contribution in [0.5, 0.6) is 0 Å². The van der Waals surface area contributed by atoms with Crippen molar-refractivity contribution in [2.75, 3.05) is 26.7 Å². The Labute approximate surface area is 196 Å². The van der Waals surface area contributed by atoms with Gasteiger partial charge in [0.1, 0.15) is 0 Å². The first-order valence-electron chi connectivity index (χ1n) is 12.5. The van der Waals surface area contributed by atoms with Gasteiger partial charge in [-0.05, 0) is 36.8 Å². The first kappa shape index (κ1) is 22.1. The minimum absolute atomic E-state index is 0.0592. The van der Waals surface area contributed by atoms with Gasteiger partial charge in [0.2, 0.25) is 5.91 Å². The van der Waals surface area contributed by atoms with Crippen LogP contribution in [-0.2, 0) is 17.9 Å². The van der Waals surface area contributed by atoms with Crippen molar-refractivity contribution in [2.45, 2.75) is 70.0 Å². The molecule has 1 atom stereocenters. The minimum Gasteiger partial charge on any atom is -0.341 e. The fraction of sp³-hybridized carbons (Fsp3) is 0.577. The highest BCUT2D eigenvalue weighted by Crippen LogP contribution is 2.30. The zero-order valence-electron chi connectivity index (χ0n) is 19.6. The van der Waals surface area contributed by atoms with E-state index in [9.17, 15) is 9.59 Å². The average molecular weight is 450 g/mol. The molecule has 3 heterocycles. The number of hydrogen-bond acceptors (Lipinski definition) is 4. The van der Waals surface area contributed by atoms with Gasteiger partial charge in [0.25, 0.3) is 5.91 Å². The van der Waals surface area contributed by atoms with Gasteiger partial charge in [0, 0.05) is 45.2 Å². The lowest BCUT2D eigenvalue weighted by Gasteiger charge is -2.34. The van der Waals surface area contributed by atoms with Crippen molar-refractivity contribution < 1.29 is 9.59 Å². The fourth-order valence-corrected chi connectivity index (χ4v) is 5.85. The summed E-state index contributed by atoms with van der Waals surface area (Å²) in [6, 6.07) is 8.75. The zero-order valence-corrected chi connectivity index (χ0v) is 19.6. The number of carbonyl (C=O) groups is 2. The van der Waals surface area contributed by atoms with Crippen LogP contribution in [0.4, 0.5) is 0 Å². The van der Waals surface area contributed by atoms with E-state index in [4.69, 9.17) is 0 Å². The number of aromatic amines is 1. The molecular formula is C26H35N5O2. The average Bonchev–Trinajstić information content (AvgIpc) is 3.50. The number of rotatable bonds is 5. The van der Waals surface area contributed by atoms with Crippen LogP contribution >= 0.6 is 0 Å². The van der Waals surface area contributed by atoms with Gasteiger partial charge in [-0.1, -0.05) is 43.5 Å². The second-order valence-electron chi connectivity index (χ2n) is 10.00. The predicted octanol–water partition coefficient (Wildman–Crippen LogP) is 3.54. The number of H-pyrrole nitrogens is 1. The number of nitrogens with one attached hydrogen (secondary N) is 1. The normalized spacial score (nSPS) is 21.7. The smallest absolute Gasteiger partial charge is 0.257 e. The first-order valence-corrected chi connectivity index (χ1v) is 12.5. The van der Waals surface area contributed by atoms with Crippen LogP contribution in [-0.4, -0.2) is 69.4 Å². The van der Waals surface area contributed by atoms with Crippen LogP contribution in [0.2, 0.25) is 0 Å². The largest absolute Gasteiger partial charge is 0.341 e. The molecule has 2 aliphatic heterocycles. The van der Waals surface area contributed by atoms with Gasteiger partial charge < -0.3 is 9.80 Å². The Kier molecular flexibility index (Phi) is 6.49. The van der Waals surface area contributed by atoms with Crippen molar-refractivity contribution in [3.8, 4) is 0 Å². The summed E-state index contributed by atoms with van der Waals surface area (Å²) in [5, 5.41) is 7.35. The molecule has 0 spiro atoms. The number of hydrogen-bond donors (Lipinski definition) is 1.